The molecule has 0 aromatic heterocycles. The van der Waals surface area contributed by atoms with Gasteiger partial charge in [0.25, 0.3) is 0 Å². The van der Waals surface area contributed by atoms with Crippen LogP contribution in [0.5, 0.6) is 0 Å². The maximum Gasteiger partial charge on any atom is 0.0541 e. The third kappa shape index (κ3) is 4.02. The Morgan fingerprint density at radius 3 is 2.60 bits per heavy atom. The first kappa shape index (κ1) is 20.1. The summed E-state index contributed by atoms with van der Waals surface area (Å²) in [7, 11) is 0. The lowest BCUT2D eigenvalue weighted by Crippen LogP contribution is -2.47. The van der Waals surface area contributed by atoms with Gasteiger partial charge in [-0.2, -0.15) is 0 Å². The predicted octanol–water partition coefficient (Wildman–Crippen LogP) is 6.53. The number of hydrogen-bond acceptors (Lipinski definition) is 2. The third-order valence-corrected chi connectivity index (χ3v) is 7.07. The first-order chi connectivity index (χ1) is 14.7. The molecule has 154 valence electrons. The Kier molecular flexibility index (Phi) is 5.84. The molecule has 0 N–H and O–H groups in total. The normalized spacial score (nSPS) is 22.0. The zero-order valence-corrected chi connectivity index (χ0v) is 18.5. The van der Waals surface area contributed by atoms with Gasteiger partial charge >= 0.3 is 0 Å². The fourth-order valence-electron chi connectivity index (χ4n) is 4.87. The molecule has 4 heteroatoms. The van der Waals surface area contributed by atoms with Gasteiger partial charge in [-0.3, -0.25) is 9.80 Å². The standard InChI is InChI=1S/C26H26Cl2N2/c27-21-11-9-20(25(28)17-21)18-29-13-15-30(16-14-29)26-12-10-19-5-1-2-6-22(19)23-7-3-4-8-24(23)26/h1,3-5,7-12,17,26H,2,6,13-16,18H2. The van der Waals surface area contributed by atoms with Crippen LogP contribution in [0, 0.1) is 0 Å². The lowest BCUT2D eigenvalue weighted by molar-refractivity contribution is 0.107. The average Bonchev–Trinajstić information content (AvgIpc) is 2.94. The Balaban J connectivity index is 1.32. The van der Waals surface area contributed by atoms with Crippen LogP contribution in [0.3, 0.4) is 0 Å². The smallest absolute Gasteiger partial charge is 0.0541 e. The number of hydrogen-bond donors (Lipinski definition) is 0. The second kappa shape index (κ2) is 8.72. The van der Waals surface area contributed by atoms with Crippen LogP contribution in [0.1, 0.15) is 35.6 Å². The summed E-state index contributed by atoms with van der Waals surface area (Å²) in [6.45, 7) is 5.06. The highest BCUT2D eigenvalue weighted by molar-refractivity contribution is 6.35. The largest absolute Gasteiger partial charge is 0.296 e. The average molecular weight is 437 g/mol. The van der Waals surface area contributed by atoms with Crippen LogP contribution < -0.4 is 0 Å². The fraction of sp³-hybridized carbons (Fsp3) is 0.308. The minimum absolute atomic E-state index is 0.335. The van der Waals surface area contributed by atoms with Gasteiger partial charge in [0.15, 0.2) is 0 Å². The van der Waals surface area contributed by atoms with Crippen molar-refractivity contribution in [2.24, 2.45) is 0 Å². The van der Waals surface area contributed by atoms with Crippen molar-refractivity contribution in [3.8, 4) is 0 Å². The second-order valence-electron chi connectivity index (χ2n) is 8.31. The van der Waals surface area contributed by atoms with E-state index < -0.39 is 0 Å². The molecule has 0 amide bonds. The number of fused-ring (bicyclic) bond motifs is 2. The molecule has 1 atom stereocenters. The summed E-state index contributed by atoms with van der Waals surface area (Å²) in [6, 6.07) is 15.1. The third-order valence-electron chi connectivity index (χ3n) is 6.48. The van der Waals surface area contributed by atoms with Crippen molar-refractivity contribution in [3.63, 3.8) is 0 Å². The summed E-state index contributed by atoms with van der Waals surface area (Å²) in [5.41, 5.74) is 6.92. The Labute approximate surface area is 189 Å². The Bertz CT molecular complexity index is 1030. The Hall–Kier alpha value is -1.84. The molecule has 2 nitrogen and oxygen atoms in total. The van der Waals surface area contributed by atoms with Crippen LogP contribution in [-0.2, 0) is 6.54 Å². The molecule has 5 rings (SSSR count). The van der Waals surface area contributed by atoms with Gasteiger partial charge in [0.1, 0.15) is 0 Å². The molecule has 30 heavy (non-hydrogen) atoms. The summed E-state index contributed by atoms with van der Waals surface area (Å²) in [5.74, 6) is 0. The minimum Gasteiger partial charge on any atom is -0.296 e. The lowest BCUT2D eigenvalue weighted by Gasteiger charge is -2.39. The van der Waals surface area contributed by atoms with E-state index in [4.69, 9.17) is 23.2 Å². The van der Waals surface area contributed by atoms with E-state index in [2.05, 4.69) is 58.4 Å². The molecule has 3 aliphatic rings. The number of allylic oxidation sites excluding steroid dienone is 5. The van der Waals surface area contributed by atoms with Gasteiger partial charge in [-0.1, -0.05) is 77.8 Å². The number of piperazine rings is 1. The molecular weight excluding hydrogens is 411 g/mol. The van der Waals surface area contributed by atoms with Gasteiger partial charge in [-0.05, 0) is 52.8 Å². The van der Waals surface area contributed by atoms with Crippen LogP contribution in [0.25, 0.3) is 5.57 Å². The van der Waals surface area contributed by atoms with E-state index in [0.717, 1.165) is 56.2 Å². The molecule has 0 bridgehead atoms. The number of benzene rings is 2. The van der Waals surface area contributed by atoms with Gasteiger partial charge in [-0.25, -0.2) is 0 Å². The predicted molar refractivity (Wildman–Crippen MR) is 127 cm³/mol. The van der Waals surface area contributed by atoms with Crippen molar-refractivity contribution in [2.75, 3.05) is 26.2 Å². The summed E-state index contributed by atoms with van der Waals surface area (Å²) < 4.78 is 0. The molecule has 2 aromatic carbocycles. The van der Waals surface area contributed by atoms with Crippen molar-refractivity contribution in [2.45, 2.75) is 25.4 Å². The zero-order valence-electron chi connectivity index (χ0n) is 17.0. The van der Waals surface area contributed by atoms with E-state index in [9.17, 15) is 0 Å². The van der Waals surface area contributed by atoms with Crippen LogP contribution in [0.15, 0.2) is 72.3 Å². The zero-order chi connectivity index (χ0) is 20.5. The summed E-state index contributed by atoms with van der Waals surface area (Å²) >= 11 is 12.4. The first-order valence-electron chi connectivity index (χ1n) is 10.8. The van der Waals surface area contributed by atoms with E-state index in [0.29, 0.717) is 11.1 Å². The lowest BCUT2D eigenvalue weighted by atomic mass is 9.89. The van der Waals surface area contributed by atoms with Gasteiger partial charge in [0.2, 0.25) is 0 Å². The number of halogens is 2. The van der Waals surface area contributed by atoms with Gasteiger partial charge in [0.05, 0.1) is 6.04 Å². The van der Waals surface area contributed by atoms with Gasteiger partial charge in [-0.15, -0.1) is 0 Å². The molecule has 1 saturated heterocycles. The van der Waals surface area contributed by atoms with Crippen LogP contribution in [-0.4, -0.2) is 36.0 Å². The first-order valence-corrected chi connectivity index (χ1v) is 11.5. The molecule has 1 aliphatic heterocycles. The summed E-state index contributed by atoms with van der Waals surface area (Å²) in [5, 5.41) is 1.45. The monoisotopic (exact) mass is 436 g/mol. The molecular formula is C26H26Cl2N2. The van der Waals surface area contributed by atoms with E-state index in [-0.39, 0.29) is 0 Å². The minimum atomic E-state index is 0.335. The second-order valence-corrected chi connectivity index (χ2v) is 9.16. The fourth-order valence-corrected chi connectivity index (χ4v) is 5.33. The van der Waals surface area contributed by atoms with Crippen molar-refractivity contribution in [3.05, 3.63) is 99.1 Å². The van der Waals surface area contributed by atoms with Crippen molar-refractivity contribution in [1.29, 1.82) is 0 Å². The van der Waals surface area contributed by atoms with Gasteiger partial charge in [0, 0.05) is 42.8 Å². The highest BCUT2D eigenvalue weighted by atomic mass is 35.5. The SMILES string of the molecule is Clc1ccc(CN2CCN(C3C=CC4=C(CCC=C4)c4ccccc43)CC2)c(Cl)c1. The molecule has 0 radical (unpaired) electrons. The maximum absolute atomic E-state index is 6.39. The number of nitrogens with zero attached hydrogens (tertiary/aromatic N) is 2. The molecule has 1 heterocycles. The van der Waals surface area contributed by atoms with E-state index >= 15 is 0 Å². The quantitative estimate of drug-likeness (QED) is 0.539. The van der Waals surface area contributed by atoms with E-state index in [1.807, 2.05) is 18.2 Å². The van der Waals surface area contributed by atoms with Gasteiger partial charge < -0.3 is 0 Å². The molecule has 2 aliphatic carbocycles. The molecule has 1 fully saturated rings. The molecule has 0 spiro atoms. The topological polar surface area (TPSA) is 6.48 Å². The Morgan fingerprint density at radius 2 is 1.77 bits per heavy atom. The van der Waals surface area contributed by atoms with Crippen molar-refractivity contribution < 1.29 is 0 Å². The molecule has 0 saturated carbocycles. The highest BCUT2D eigenvalue weighted by Crippen LogP contribution is 2.39. The van der Waals surface area contributed by atoms with Crippen molar-refractivity contribution >= 4 is 28.8 Å². The van der Waals surface area contributed by atoms with Crippen LogP contribution >= 0.6 is 23.2 Å². The number of rotatable bonds is 3. The van der Waals surface area contributed by atoms with Crippen LogP contribution in [0.2, 0.25) is 10.0 Å². The molecule has 2 aromatic rings. The summed E-state index contributed by atoms with van der Waals surface area (Å²) in [6.07, 6.45) is 11.6. The van der Waals surface area contributed by atoms with E-state index in [1.165, 1.54) is 22.3 Å². The Morgan fingerprint density at radius 1 is 0.933 bits per heavy atom. The van der Waals surface area contributed by atoms with Crippen molar-refractivity contribution in [1.82, 2.24) is 9.80 Å². The van der Waals surface area contributed by atoms with Crippen LogP contribution in [0.4, 0.5) is 0 Å². The highest BCUT2D eigenvalue weighted by Gasteiger charge is 2.28. The summed E-state index contributed by atoms with van der Waals surface area (Å²) in [4.78, 5) is 5.11. The van der Waals surface area contributed by atoms with E-state index in [1.54, 1.807) is 0 Å². The molecule has 1 unspecified atom stereocenters. The maximum atomic E-state index is 6.39.